The third-order valence-corrected chi connectivity index (χ3v) is 7.14. The maximum Gasteiger partial charge on any atom is 0.311 e. The Hall–Kier alpha value is -3.70. The molecule has 0 saturated heterocycles. The largest absolute Gasteiger partial charge is 0.501 e. The molecule has 12 heteroatoms. The van der Waals surface area contributed by atoms with Crippen LogP contribution in [0.1, 0.15) is 74.2 Å². The van der Waals surface area contributed by atoms with Crippen molar-refractivity contribution in [1.82, 2.24) is 34.9 Å². The van der Waals surface area contributed by atoms with E-state index in [1.807, 2.05) is 38.4 Å². The van der Waals surface area contributed by atoms with E-state index in [9.17, 15) is 24.3 Å². The number of rotatable bonds is 4. The molecule has 3 N–H and O–H groups in total. The molecule has 4 heterocycles. The van der Waals surface area contributed by atoms with Gasteiger partial charge in [-0.3, -0.25) is 28.4 Å². The fourth-order valence-electron chi connectivity index (χ4n) is 5.29. The molecule has 1 aliphatic carbocycles. The highest BCUT2D eigenvalue weighted by molar-refractivity contribution is 6.35. The predicted octanol–water partition coefficient (Wildman–Crippen LogP) is 0.742. The molecule has 1 saturated carbocycles. The summed E-state index contributed by atoms with van der Waals surface area (Å²) < 4.78 is 3.20. The van der Waals surface area contributed by atoms with Gasteiger partial charge in [-0.15, -0.1) is 0 Å². The van der Waals surface area contributed by atoms with Gasteiger partial charge < -0.3 is 20.6 Å². The number of nitrogens with one attached hydrogen (secondary N) is 2. The number of hydrogen-bond donors (Lipinski definition) is 3. The molecular weight excluding hydrogens is 478 g/mol. The molecule has 200 valence electrons. The van der Waals surface area contributed by atoms with Crippen LogP contribution in [0.5, 0.6) is 5.75 Å². The van der Waals surface area contributed by atoms with Crippen LogP contribution in [0.2, 0.25) is 0 Å². The third-order valence-electron chi connectivity index (χ3n) is 7.14. The Morgan fingerprint density at radius 3 is 2.43 bits per heavy atom. The van der Waals surface area contributed by atoms with E-state index in [2.05, 4.69) is 20.7 Å². The standard InChI is InChI=1S/C25H35N7O5/c1-14-11-16(29-32(14)24(2,3)4)12-26-19(34)17-18(33)21(36)31-13-15-7-9-25(10-8-15,23(31)27-17)28-20(35)22(37)30(5)6/h11,15,33H,7-10,12-13H2,1-6H3,(H,26,34)(H,28,35). The third kappa shape index (κ3) is 4.84. The lowest BCUT2D eigenvalue weighted by atomic mass is 9.77. The van der Waals surface area contributed by atoms with Gasteiger partial charge in [-0.1, -0.05) is 0 Å². The van der Waals surface area contributed by atoms with Crippen molar-refractivity contribution < 1.29 is 19.5 Å². The number of amides is 3. The lowest BCUT2D eigenvalue weighted by Gasteiger charge is -2.37. The number of fused-ring (bicyclic) bond motifs is 2. The van der Waals surface area contributed by atoms with Gasteiger partial charge >= 0.3 is 11.8 Å². The monoisotopic (exact) mass is 513 g/mol. The molecule has 0 aromatic carbocycles. The summed E-state index contributed by atoms with van der Waals surface area (Å²) in [6, 6.07) is 1.86. The van der Waals surface area contributed by atoms with Crippen molar-refractivity contribution in [2.45, 2.75) is 77.5 Å². The van der Waals surface area contributed by atoms with E-state index in [0.717, 1.165) is 5.69 Å². The Morgan fingerprint density at radius 1 is 1.22 bits per heavy atom. The van der Waals surface area contributed by atoms with Crippen LogP contribution in [0.3, 0.4) is 0 Å². The van der Waals surface area contributed by atoms with Crippen molar-refractivity contribution in [3.63, 3.8) is 0 Å². The number of carbonyl (C=O) groups is 3. The second kappa shape index (κ2) is 9.31. The molecule has 0 radical (unpaired) electrons. The second-order valence-corrected chi connectivity index (χ2v) is 11.3. The highest BCUT2D eigenvalue weighted by Crippen LogP contribution is 2.42. The maximum absolute atomic E-state index is 13.2. The summed E-state index contributed by atoms with van der Waals surface area (Å²) in [5.41, 5.74) is -0.933. The first kappa shape index (κ1) is 26.4. The molecule has 2 aliphatic heterocycles. The zero-order chi connectivity index (χ0) is 27.3. The molecule has 3 aliphatic rings. The van der Waals surface area contributed by atoms with Gasteiger partial charge in [0.05, 0.1) is 23.3 Å². The first-order valence-electron chi connectivity index (χ1n) is 12.5. The van der Waals surface area contributed by atoms with Crippen LogP contribution in [-0.2, 0) is 33.8 Å². The van der Waals surface area contributed by atoms with Crippen LogP contribution >= 0.6 is 0 Å². The lowest BCUT2D eigenvalue weighted by Crippen LogP contribution is -2.53. The molecule has 0 atom stereocenters. The predicted molar refractivity (Wildman–Crippen MR) is 134 cm³/mol. The molecule has 5 rings (SSSR count). The Balaban J connectivity index is 1.67. The molecule has 0 spiro atoms. The van der Waals surface area contributed by atoms with Crippen molar-refractivity contribution in [1.29, 1.82) is 0 Å². The summed E-state index contributed by atoms with van der Waals surface area (Å²) in [6.07, 6.45) is 2.34. The minimum atomic E-state index is -1.10. The van der Waals surface area contributed by atoms with Crippen LogP contribution in [-0.4, -0.2) is 61.2 Å². The van der Waals surface area contributed by atoms with Crippen molar-refractivity contribution >= 4 is 17.7 Å². The first-order chi connectivity index (χ1) is 17.2. The summed E-state index contributed by atoms with van der Waals surface area (Å²) in [5, 5.41) is 20.7. The van der Waals surface area contributed by atoms with Crippen LogP contribution in [0, 0.1) is 12.8 Å². The van der Waals surface area contributed by atoms with Crippen LogP contribution in [0.15, 0.2) is 10.9 Å². The van der Waals surface area contributed by atoms with E-state index in [-0.39, 0.29) is 23.8 Å². The van der Waals surface area contributed by atoms with E-state index in [0.29, 0.717) is 37.9 Å². The van der Waals surface area contributed by atoms with Crippen molar-refractivity contribution in [2.24, 2.45) is 5.92 Å². The zero-order valence-electron chi connectivity index (χ0n) is 22.2. The molecule has 1 fully saturated rings. The fourth-order valence-corrected chi connectivity index (χ4v) is 5.29. The smallest absolute Gasteiger partial charge is 0.311 e. The Kier molecular flexibility index (Phi) is 6.63. The van der Waals surface area contributed by atoms with Gasteiger partial charge in [-0.25, -0.2) is 4.98 Å². The maximum atomic E-state index is 13.2. The van der Waals surface area contributed by atoms with Crippen molar-refractivity contribution in [2.75, 3.05) is 14.1 Å². The molecule has 2 aromatic rings. The average molecular weight is 514 g/mol. The average Bonchev–Trinajstić information content (AvgIpc) is 3.07. The molecule has 12 nitrogen and oxygen atoms in total. The summed E-state index contributed by atoms with van der Waals surface area (Å²) in [4.78, 5) is 57.0. The summed E-state index contributed by atoms with van der Waals surface area (Å²) in [5.74, 6) is -2.66. The van der Waals surface area contributed by atoms with Gasteiger partial charge in [0.15, 0.2) is 5.69 Å². The van der Waals surface area contributed by atoms with Gasteiger partial charge in [-0.05, 0) is 65.4 Å². The van der Waals surface area contributed by atoms with E-state index in [4.69, 9.17) is 0 Å². The summed E-state index contributed by atoms with van der Waals surface area (Å²) >= 11 is 0. The van der Waals surface area contributed by atoms with Crippen LogP contribution in [0.4, 0.5) is 0 Å². The van der Waals surface area contributed by atoms with E-state index in [1.165, 1.54) is 23.6 Å². The first-order valence-corrected chi connectivity index (χ1v) is 12.5. The number of aromatic nitrogens is 4. The minimum Gasteiger partial charge on any atom is -0.501 e. The normalized spacial score (nSPS) is 20.6. The molecule has 0 unspecified atom stereocenters. The SMILES string of the molecule is Cc1cc(CNC(=O)c2nc3n(c(=O)c2O)CC2CCC3(NC(=O)C(=O)N(C)C)CC2)nn1C(C)(C)C. The van der Waals surface area contributed by atoms with Crippen molar-refractivity contribution in [3.8, 4) is 5.75 Å². The summed E-state index contributed by atoms with van der Waals surface area (Å²) in [6.45, 7) is 8.38. The highest BCUT2D eigenvalue weighted by atomic mass is 16.3. The Bertz CT molecular complexity index is 1310. The Morgan fingerprint density at radius 2 is 1.86 bits per heavy atom. The number of likely N-dealkylation sites (N-methyl/N-ethyl adjacent to an activating group) is 1. The molecule has 2 aromatic heterocycles. The number of aryl methyl sites for hydroxylation is 1. The number of carbonyl (C=O) groups excluding carboxylic acids is 3. The Labute approximate surface area is 215 Å². The lowest BCUT2D eigenvalue weighted by molar-refractivity contribution is -0.145. The number of hydrogen-bond acceptors (Lipinski definition) is 7. The zero-order valence-corrected chi connectivity index (χ0v) is 22.2. The van der Waals surface area contributed by atoms with Crippen molar-refractivity contribution in [3.05, 3.63) is 39.3 Å². The van der Waals surface area contributed by atoms with Gasteiger partial charge in [0.25, 0.3) is 11.5 Å². The fraction of sp³-hybridized carbons (Fsp3) is 0.600. The van der Waals surface area contributed by atoms with Gasteiger partial charge in [-0.2, -0.15) is 5.10 Å². The van der Waals surface area contributed by atoms with E-state index in [1.54, 1.807) is 0 Å². The van der Waals surface area contributed by atoms with Gasteiger partial charge in [0.1, 0.15) is 5.82 Å². The number of nitrogens with zero attached hydrogens (tertiary/aromatic N) is 5. The van der Waals surface area contributed by atoms with Crippen LogP contribution in [0.25, 0.3) is 0 Å². The van der Waals surface area contributed by atoms with Gasteiger partial charge in [0, 0.05) is 26.3 Å². The van der Waals surface area contributed by atoms with Gasteiger partial charge in [0.2, 0.25) is 5.75 Å². The molecule has 3 amide bonds. The number of aromatic hydroxyl groups is 1. The van der Waals surface area contributed by atoms with Crippen LogP contribution < -0.4 is 16.2 Å². The minimum absolute atomic E-state index is 0.0730. The molecular formula is C25H35N7O5. The molecule has 2 bridgehead atoms. The second-order valence-electron chi connectivity index (χ2n) is 11.3. The van der Waals surface area contributed by atoms with E-state index >= 15 is 0 Å². The topological polar surface area (TPSA) is 151 Å². The summed E-state index contributed by atoms with van der Waals surface area (Å²) in [7, 11) is 2.96. The van der Waals surface area contributed by atoms with E-state index < -0.39 is 40.3 Å². The quantitative estimate of drug-likeness (QED) is 0.510. The molecule has 37 heavy (non-hydrogen) atoms. The highest BCUT2D eigenvalue weighted by Gasteiger charge is 2.46.